The average molecular weight is 268 g/mol. The summed E-state index contributed by atoms with van der Waals surface area (Å²) in [5.41, 5.74) is -1.18. The summed E-state index contributed by atoms with van der Waals surface area (Å²) in [5, 5.41) is 21.4. The van der Waals surface area contributed by atoms with Crippen LogP contribution >= 0.6 is 0 Å². The topological polar surface area (TPSA) is 117 Å². The highest BCUT2D eigenvalue weighted by Gasteiger charge is 2.30. The van der Waals surface area contributed by atoms with E-state index in [1.807, 2.05) is 0 Å². The van der Waals surface area contributed by atoms with Gasteiger partial charge in [-0.2, -0.15) is 0 Å². The van der Waals surface area contributed by atoms with Gasteiger partial charge in [0.1, 0.15) is 5.54 Å². The molecule has 0 unspecified atom stereocenters. The highest BCUT2D eigenvalue weighted by molar-refractivity contribution is 5.90. The van der Waals surface area contributed by atoms with E-state index in [1.165, 1.54) is 13.8 Å². The molecule has 1 aliphatic rings. The Morgan fingerprint density at radius 3 is 2.68 bits per heavy atom. The Morgan fingerprint density at radius 2 is 2.11 bits per heavy atom. The van der Waals surface area contributed by atoms with Crippen molar-refractivity contribution in [2.45, 2.75) is 38.1 Å². The molecular formula is C11H16N4O4. The molecule has 1 saturated carbocycles. The first-order chi connectivity index (χ1) is 8.88. The molecule has 1 heterocycles. The second-order valence-electron chi connectivity index (χ2n) is 5.05. The molecule has 1 fully saturated rings. The average Bonchev–Trinajstić information content (AvgIpc) is 3.08. The van der Waals surface area contributed by atoms with Crippen LogP contribution in [0.15, 0.2) is 4.42 Å². The molecule has 0 aliphatic heterocycles. The minimum absolute atomic E-state index is 0.0434. The number of carbonyl (C=O) groups is 2. The standard InChI is InChI=1S/C11H16N4O4/c1-11(2,9(17)18)12-5-7(16)13-10-15-14-8(19-10)6-3-4-6/h6,12H,3-5H2,1-2H3,(H,17,18)(H,13,15,16). The largest absolute Gasteiger partial charge is 0.480 e. The number of rotatable bonds is 6. The summed E-state index contributed by atoms with van der Waals surface area (Å²) in [5.74, 6) is -0.606. The predicted octanol–water partition coefficient (Wildman–Crippen LogP) is 0.338. The Kier molecular flexibility index (Phi) is 3.52. The molecule has 104 valence electrons. The highest BCUT2D eigenvalue weighted by atomic mass is 16.4. The van der Waals surface area contributed by atoms with Gasteiger partial charge in [-0.1, -0.05) is 5.10 Å². The first-order valence-corrected chi connectivity index (χ1v) is 6.00. The molecule has 0 bridgehead atoms. The third kappa shape index (κ3) is 3.50. The molecule has 8 nitrogen and oxygen atoms in total. The molecule has 8 heteroatoms. The van der Waals surface area contributed by atoms with Gasteiger partial charge >= 0.3 is 12.0 Å². The van der Waals surface area contributed by atoms with Gasteiger partial charge in [-0.3, -0.25) is 20.2 Å². The van der Waals surface area contributed by atoms with Crippen LogP contribution in [0, 0.1) is 0 Å². The van der Waals surface area contributed by atoms with Gasteiger partial charge in [0.2, 0.25) is 11.8 Å². The lowest BCUT2D eigenvalue weighted by Gasteiger charge is -2.20. The maximum absolute atomic E-state index is 11.6. The second kappa shape index (κ2) is 4.96. The van der Waals surface area contributed by atoms with E-state index in [1.54, 1.807) is 0 Å². The number of carboxylic acids is 1. The van der Waals surface area contributed by atoms with Crippen LogP contribution in [0.2, 0.25) is 0 Å². The number of aromatic nitrogens is 2. The highest BCUT2D eigenvalue weighted by Crippen LogP contribution is 2.39. The Hall–Kier alpha value is -1.96. The number of nitrogens with one attached hydrogen (secondary N) is 2. The molecule has 1 amide bonds. The Bertz CT molecular complexity index is 493. The smallest absolute Gasteiger partial charge is 0.323 e. The number of amides is 1. The summed E-state index contributed by atoms with van der Waals surface area (Å²) in [6.45, 7) is 2.79. The van der Waals surface area contributed by atoms with Crippen molar-refractivity contribution in [3.05, 3.63) is 5.89 Å². The zero-order valence-electron chi connectivity index (χ0n) is 10.8. The van der Waals surface area contributed by atoms with Crippen molar-refractivity contribution in [1.29, 1.82) is 0 Å². The van der Waals surface area contributed by atoms with Gasteiger partial charge in [0.05, 0.1) is 6.54 Å². The Labute approximate surface area is 109 Å². The van der Waals surface area contributed by atoms with E-state index in [-0.39, 0.29) is 12.6 Å². The first-order valence-electron chi connectivity index (χ1n) is 6.00. The monoisotopic (exact) mass is 268 g/mol. The van der Waals surface area contributed by atoms with Crippen LogP contribution in [0.3, 0.4) is 0 Å². The van der Waals surface area contributed by atoms with Crippen molar-refractivity contribution in [3.63, 3.8) is 0 Å². The van der Waals surface area contributed by atoms with Crippen molar-refractivity contribution in [1.82, 2.24) is 15.5 Å². The third-order valence-corrected chi connectivity index (χ3v) is 2.84. The van der Waals surface area contributed by atoms with E-state index in [2.05, 4.69) is 20.8 Å². The summed E-state index contributed by atoms with van der Waals surface area (Å²) in [6, 6.07) is 0.0434. The molecule has 0 atom stereocenters. The molecule has 19 heavy (non-hydrogen) atoms. The number of aliphatic carboxylic acids is 1. The van der Waals surface area contributed by atoms with Crippen molar-refractivity contribution >= 4 is 17.9 Å². The lowest BCUT2D eigenvalue weighted by Crippen LogP contribution is -2.49. The van der Waals surface area contributed by atoms with Crippen molar-refractivity contribution in [2.24, 2.45) is 0 Å². The van der Waals surface area contributed by atoms with Crippen molar-refractivity contribution in [2.75, 3.05) is 11.9 Å². The van der Waals surface area contributed by atoms with Gasteiger partial charge < -0.3 is 9.52 Å². The molecule has 1 aromatic heterocycles. The molecule has 0 radical (unpaired) electrons. The summed E-state index contributed by atoms with van der Waals surface area (Å²) >= 11 is 0. The number of nitrogens with zero attached hydrogens (tertiary/aromatic N) is 2. The quantitative estimate of drug-likeness (QED) is 0.680. The minimum Gasteiger partial charge on any atom is -0.480 e. The fourth-order valence-electron chi connectivity index (χ4n) is 1.32. The molecule has 0 spiro atoms. The summed E-state index contributed by atoms with van der Waals surface area (Å²) in [7, 11) is 0. The maximum Gasteiger partial charge on any atom is 0.323 e. The van der Waals surface area contributed by atoms with E-state index >= 15 is 0 Å². The molecule has 1 aromatic rings. The molecule has 1 aliphatic carbocycles. The number of carboxylic acid groups (broad SMARTS) is 1. The van der Waals surface area contributed by atoms with Crippen LogP contribution in [0.4, 0.5) is 6.01 Å². The fourth-order valence-corrected chi connectivity index (χ4v) is 1.32. The number of hydrogen-bond donors (Lipinski definition) is 3. The van der Waals surface area contributed by atoms with E-state index in [4.69, 9.17) is 9.52 Å². The SMILES string of the molecule is CC(C)(NCC(=O)Nc1nnc(C2CC2)o1)C(=O)O. The van der Waals surface area contributed by atoms with Crippen LogP contribution in [0.25, 0.3) is 0 Å². The van der Waals surface area contributed by atoms with Crippen LogP contribution in [0.5, 0.6) is 0 Å². The van der Waals surface area contributed by atoms with E-state index in [9.17, 15) is 9.59 Å². The molecule has 3 N–H and O–H groups in total. The molecule has 2 rings (SSSR count). The Balaban J connectivity index is 1.81. The maximum atomic E-state index is 11.6. The number of carbonyl (C=O) groups excluding carboxylic acids is 1. The van der Waals surface area contributed by atoms with E-state index in [0.717, 1.165) is 12.8 Å². The minimum atomic E-state index is -1.18. The second-order valence-corrected chi connectivity index (χ2v) is 5.05. The van der Waals surface area contributed by atoms with Gasteiger partial charge in [0.25, 0.3) is 0 Å². The number of anilines is 1. The van der Waals surface area contributed by atoms with Crippen LogP contribution in [-0.2, 0) is 9.59 Å². The third-order valence-electron chi connectivity index (χ3n) is 2.84. The normalized spacial score (nSPS) is 15.3. The van der Waals surface area contributed by atoms with Gasteiger partial charge in [0, 0.05) is 5.92 Å². The summed E-state index contributed by atoms with van der Waals surface area (Å²) < 4.78 is 5.26. The van der Waals surface area contributed by atoms with Crippen molar-refractivity contribution < 1.29 is 19.1 Å². The van der Waals surface area contributed by atoms with Crippen LogP contribution in [0.1, 0.15) is 38.5 Å². The fraction of sp³-hybridized carbons (Fsp3) is 0.636. The van der Waals surface area contributed by atoms with Crippen LogP contribution < -0.4 is 10.6 Å². The number of hydrogen-bond acceptors (Lipinski definition) is 6. The van der Waals surface area contributed by atoms with E-state index in [0.29, 0.717) is 11.8 Å². The lowest BCUT2D eigenvalue weighted by atomic mass is 10.1. The zero-order valence-corrected chi connectivity index (χ0v) is 10.8. The lowest BCUT2D eigenvalue weighted by molar-refractivity contribution is -0.143. The molecule has 0 aromatic carbocycles. The predicted molar refractivity (Wildman–Crippen MR) is 64.6 cm³/mol. The summed E-state index contributed by atoms with van der Waals surface area (Å²) in [4.78, 5) is 22.4. The van der Waals surface area contributed by atoms with Crippen molar-refractivity contribution in [3.8, 4) is 0 Å². The van der Waals surface area contributed by atoms with Crippen LogP contribution in [-0.4, -0.2) is 39.3 Å². The molecular weight excluding hydrogens is 252 g/mol. The zero-order chi connectivity index (χ0) is 14.0. The first kappa shape index (κ1) is 13.5. The van der Waals surface area contributed by atoms with Gasteiger partial charge in [-0.05, 0) is 26.7 Å². The van der Waals surface area contributed by atoms with Gasteiger partial charge in [0.15, 0.2) is 0 Å². The molecule has 0 saturated heterocycles. The Morgan fingerprint density at radius 1 is 1.42 bits per heavy atom. The van der Waals surface area contributed by atoms with E-state index < -0.39 is 17.4 Å². The summed E-state index contributed by atoms with van der Waals surface area (Å²) in [6.07, 6.45) is 2.06. The van der Waals surface area contributed by atoms with Gasteiger partial charge in [-0.15, -0.1) is 5.10 Å². The van der Waals surface area contributed by atoms with Gasteiger partial charge in [-0.25, -0.2) is 0 Å².